The van der Waals surface area contributed by atoms with Crippen LogP contribution in [-0.4, -0.2) is 29.1 Å². The number of nitrogens with zero attached hydrogens (tertiary/aromatic N) is 1. The summed E-state index contributed by atoms with van der Waals surface area (Å²) >= 11 is 5.27. The Balaban J connectivity index is 4.12. The average molecular weight is 212 g/mol. The van der Waals surface area contributed by atoms with E-state index in [1.54, 1.807) is 0 Å². The summed E-state index contributed by atoms with van der Waals surface area (Å²) in [6.07, 6.45) is 4.75. The van der Waals surface area contributed by atoms with Crippen LogP contribution in [0.25, 0.3) is 0 Å². The third kappa shape index (κ3) is 5.02. The molecule has 0 aliphatic heterocycles. The van der Waals surface area contributed by atoms with Crippen molar-refractivity contribution in [1.82, 2.24) is 10.2 Å². The third-order valence-electron chi connectivity index (χ3n) is 1.97. The lowest BCUT2D eigenvalue weighted by Crippen LogP contribution is -2.43. The highest BCUT2D eigenvalue weighted by Gasteiger charge is 2.07. The van der Waals surface area contributed by atoms with Gasteiger partial charge < -0.3 is 10.2 Å². The summed E-state index contributed by atoms with van der Waals surface area (Å²) in [7, 11) is 0. The van der Waals surface area contributed by atoms with E-state index >= 15 is 0 Å². The quantitative estimate of drug-likeness (QED) is 0.537. The Kier molecular flexibility index (Phi) is 7.11. The molecule has 3 heteroatoms. The van der Waals surface area contributed by atoms with Crippen molar-refractivity contribution in [3.63, 3.8) is 0 Å². The number of hydrogen-bond donors (Lipinski definition) is 1. The molecular formula is C11H20N2S. The smallest absolute Gasteiger partial charge is 0.169 e. The second-order valence-electron chi connectivity index (χ2n) is 3.24. The molecule has 1 unspecified atom stereocenters. The van der Waals surface area contributed by atoms with Crippen LogP contribution in [0.1, 0.15) is 20.3 Å². The Bertz CT molecular complexity index is 191. The van der Waals surface area contributed by atoms with E-state index in [1.807, 2.05) is 17.1 Å². The average Bonchev–Trinajstić information content (AvgIpc) is 2.17. The molecule has 0 aromatic rings. The van der Waals surface area contributed by atoms with Gasteiger partial charge in [-0.3, -0.25) is 0 Å². The Hall–Kier alpha value is -0.830. The van der Waals surface area contributed by atoms with Gasteiger partial charge in [-0.1, -0.05) is 19.1 Å². The first-order valence-electron chi connectivity index (χ1n) is 4.92. The second-order valence-corrected chi connectivity index (χ2v) is 3.63. The molecule has 0 aromatic heterocycles. The van der Waals surface area contributed by atoms with Crippen LogP contribution in [-0.2, 0) is 0 Å². The van der Waals surface area contributed by atoms with E-state index in [4.69, 9.17) is 12.2 Å². The van der Waals surface area contributed by atoms with Crippen LogP contribution in [0.4, 0.5) is 0 Å². The maximum absolute atomic E-state index is 5.27. The molecular weight excluding hydrogens is 192 g/mol. The summed E-state index contributed by atoms with van der Waals surface area (Å²) in [5.74, 6) is 0. The van der Waals surface area contributed by atoms with Crippen molar-refractivity contribution in [2.24, 2.45) is 0 Å². The van der Waals surface area contributed by atoms with Gasteiger partial charge in [-0.05, 0) is 25.6 Å². The lowest BCUT2D eigenvalue weighted by atomic mass is 10.3. The molecule has 0 spiro atoms. The summed E-state index contributed by atoms with van der Waals surface area (Å²) in [6.45, 7) is 13.2. The van der Waals surface area contributed by atoms with Gasteiger partial charge >= 0.3 is 0 Å². The van der Waals surface area contributed by atoms with E-state index in [2.05, 4.69) is 32.3 Å². The number of nitrogens with one attached hydrogen (secondary N) is 1. The Labute approximate surface area is 92.7 Å². The second kappa shape index (κ2) is 7.56. The van der Waals surface area contributed by atoms with Crippen molar-refractivity contribution in [3.05, 3.63) is 25.3 Å². The van der Waals surface area contributed by atoms with Crippen LogP contribution in [0.2, 0.25) is 0 Å². The maximum Gasteiger partial charge on any atom is 0.169 e. The molecule has 0 bridgehead atoms. The van der Waals surface area contributed by atoms with Crippen LogP contribution in [0.5, 0.6) is 0 Å². The van der Waals surface area contributed by atoms with Crippen molar-refractivity contribution < 1.29 is 0 Å². The van der Waals surface area contributed by atoms with E-state index in [0.717, 1.165) is 24.6 Å². The molecule has 0 fully saturated rings. The molecule has 14 heavy (non-hydrogen) atoms. The van der Waals surface area contributed by atoms with Crippen LogP contribution in [0.3, 0.4) is 0 Å². The van der Waals surface area contributed by atoms with Gasteiger partial charge in [0.25, 0.3) is 0 Å². The molecule has 0 radical (unpaired) electrons. The zero-order valence-electron chi connectivity index (χ0n) is 9.12. The lowest BCUT2D eigenvalue weighted by molar-refractivity contribution is 0.484. The molecule has 1 N–H and O–H groups in total. The summed E-state index contributed by atoms with van der Waals surface area (Å²) in [4.78, 5) is 2.03. The number of hydrogen-bond acceptors (Lipinski definition) is 1. The van der Waals surface area contributed by atoms with Crippen LogP contribution >= 0.6 is 12.2 Å². The molecule has 0 saturated carbocycles. The number of rotatable bonds is 6. The number of thiocarbonyl (C=S) groups is 1. The van der Waals surface area contributed by atoms with Crippen molar-refractivity contribution in [3.8, 4) is 0 Å². The molecule has 0 rings (SSSR count). The summed E-state index contributed by atoms with van der Waals surface area (Å²) < 4.78 is 0. The largest absolute Gasteiger partial charge is 0.360 e. The van der Waals surface area contributed by atoms with Crippen LogP contribution < -0.4 is 5.32 Å². The molecule has 0 aliphatic rings. The monoisotopic (exact) mass is 212 g/mol. The first kappa shape index (κ1) is 13.2. The highest BCUT2D eigenvalue weighted by atomic mass is 32.1. The van der Waals surface area contributed by atoms with E-state index < -0.39 is 0 Å². The minimum absolute atomic E-state index is 0.416. The highest BCUT2D eigenvalue weighted by Crippen LogP contribution is 1.95. The van der Waals surface area contributed by atoms with Gasteiger partial charge in [0.2, 0.25) is 0 Å². The summed E-state index contributed by atoms with van der Waals surface area (Å²) in [5, 5.41) is 4.04. The van der Waals surface area contributed by atoms with Crippen molar-refractivity contribution in [2.45, 2.75) is 26.3 Å². The molecule has 0 amide bonds. The molecule has 0 aliphatic carbocycles. The fraction of sp³-hybridized carbons (Fsp3) is 0.545. The Morgan fingerprint density at radius 1 is 1.43 bits per heavy atom. The normalized spacial score (nSPS) is 11.6. The lowest BCUT2D eigenvalue weighted by Gasteiger charge is -2.25. The van der Waals surface area contributed by atoms with Crippen LogP contribution in [0, 0.1) is 0 Å². The molecule has 0 aromatic carbocycles. The predicted molar refractivity (Wildman–Crippen MR) is 67.5 cm³/mol. The van der Waals surface area contributed by atoms with Gasteiger partial charge in [0.15, 0.2) is 5.11 Å². The molecule has 80 valence electrons. The third-order valence-corrected chi connectivity index (χ3v) is 2.34. The van der Waals surface area contributed by atoms with Crippen molar-refractivity contribution in [1.29, 1.82) is 0 Å². The Morgan fingerprint density at radius 2 is 1.93 bits per heavy atom. The zero-order valence-corrected chi connectivity index (χ0v) is 9.94. The predicted octanol–water partition coefficient (Wildman–Crippen LogP) is 2.33. The summed E-state index contributed by atoms with van der Waals surface area (Å²) in [6, 6.07) is 0.416. The van der Waals surface area contributed by atoms with Gasteiger partial charge in [-0.2, -0.15) is 0 Å². The van der Waals surface area contributed by atoms with Gasteiger partial charge in [0, 0.05) is 19.1 Å². The van der Waals surface area contributed by atoms with E-state index in [-0.39, 0.29) is 0 Å². The Morgan fingerprint density at radius 3 is 2.29 bits per heavy atom. The first-order chi connectivity index (χ1) is 6.65. The summed E-state index contributed by atoms with van der Waals surface area (Å²) in [5.41, 5.74) is 0. The van der Waals surface area contributed by atoms with Gasteiger partial charge in [-0.25, -0.2) is 0 Å². The van der Waals surface area contributed by atoms with E-state index in [0.29, 0.717) is 6.04 Å². The molecule has 0 saturated heterocycles. The highest BCUT2D eigenvalue weighted by molar-refractivity contribution is 7.80. The molecule has 2 nitrogen and oxygen atoms in total. The fourth-order valence-corrected chi connectivity index (χ4v) is 1.31. The van der Waals surface area contributed by atoms with Gasteiger partial charge in [0.1, 0.15) is 0 Å². The van der Waals surface area contributed by atoms with Gasteiger partial charge in [-0.15, -0.1) is 13.2 Å². The van der Waals surface area contributed by atoms with Gasteiger partial charge in [0.05, 0.1) is 0 Å². The molecule has 0 heterocycles. The fourth-order valence-electron chi connectivity index (χ4n) is 0.956. The minimum atomic E-state index is 0.416. The van der Waals surface area contributed by atoms with Crippen LogP contribution in [0.15, 0.2) is 25.3 Å². The SMILES string of the molecule is C=CCN(CC=C)C(=S)NC(C)CC. The maximum atomic E-state index is 5.27. The molecule has 1 atom stereocenters. The van der Waals surface area contributed by atoms with Crippen molar-refractivity contribution >= 4 is 17.3 Å². The van der Waals surface area contributed by atoms with Crippen molar-refractivity contribution in [2.75, 3.05) is 13.1 Å². The zero-order chi connectivity index (χ0) is 11.0. The topological polar surface area (TPSA) is 15.3 Å². The first-order valence-corrected chi connectivity index (χ1v) is 5.33. The standard InChI is InChI=1S/C11H20N2S/c1-5-8-13(9-6-2)11(14)12-10(4)7-3/h5-6,10H,1-2,7-9H2,3-4H3,(H,12,14). The van der Waals surface area contributed by atoms with E-state index in [9.17, 15) is 0 Å². The van der Waals surface area contributed by atoms with E-state index in [1.165, 1.54) is 0 Å². The minimum Gasteiger partial charge on any atom is -0.360 e.